The SMILES string of the molecule is COC(=O)c1ccc(C(=O)OC)c(NC(=O)[C@@H](C)N(c2ccc(Oc3ccccc3)cc2)S(C)(=O)=O)c1. The minimum Gasteiger partial charge on any atom is -0.465 e. The average molecular weight is 527 g/mol. The molecule has 3 aromatic rings. The molecule has 0 unspecified atom stereocenters. The van der Waals surface area contributed by atoms with Gasteiger partial charge in [-0.25, -0.2) is 18.0 Å². The maximum absolute atomic E-state index is 13.2. The van der Waals surface area contributed by atoms with E-state index in [1.54, 1.807) is 24.3 Å². The third kappa shape index (κ3) is 6.64. The second kappa shape index (κ2) is 11.6. The molecule has 11 heteroatoms. The first-order valence-corrected chi connectivity index (χ1v) is 12.8. The lowest BCUT2D eigenvalue weighted by Crippen LogP contribution is -2.45. The summed E-state index contributed by atoms with van der Waals surface area (Å²) in [6.45, 7) is 1.40. The van der Waals surface area contributed by atoms with Crippen LogP contribution in [0.5, 0.6) is 11.5 Å². The Bertz CT molecular complexity index is 1390. The summed E-state index contributed by atoms with van der Waals surface area (Å²) < 4.78 is 41.5. The van der Waals surface area contributed by atoms with E-state index in [2.05, 4.69) is 5.32 Å². The Kier molecular flexibility index (Phi) is 8.51. The number of rotatable bonds is 9. The molecule has 1 atom stereocenters. The summed E-state index contributed by atoms with van der Waals surface area (Å²) in [5.41, 5.74) is 0.241. The van der Waals surface area contributed by atoms with Crippen LogP contribution in [0.2, 0.25) is 0 Å². The molecule has 3 aromatic carbocycles. The third-order valence-electron chi connectivity index (χ3n) is 5.26. The van der Waals surface area contributed by atoms with Gasteiger partial charge >= 0.3 is 11.9 Å². The minimum absolute atomic E-state index is 0.0241. The number of carbonyl (C=O) groups excluding carboxylic acids is 3. The number of nitrogens with one attached hydrogen (secondary N) is 1. The van der Waals surface area contributed by atoms with Gasteiger partial charge in [-0.3, -0.25) is 9.10 Å². The molecule has 0 saturated heterocycles. The van der Waals surface area contributed by atoms with Gasteiger partial charge in [0.1, 0.15) is 17.5 Å². The molecular weight excluding hydrogens is 500 g/mol. The summed E-state index contributed by atoms with van der Waals surface area (Å²) in [7, 11) is -1.56. The fourth-order valence-corrected chi connectivity index (χ4v) is 4.69. The molecule has 0 heterocycles. The number of benzene rings is 3. The normalized spacial score (nSPS) is 11.7. The van der Waals surface area contributed by atoms with Crippen LogP contribution in [0.3, 0.4) is 0 Å². The number of sulfonamides is 1. The molecule has 0 aliphatic heterocycles. The van der Waals surface area contributed by atoms with Crippen LogP contribution in [0.15, 0.2) is 72.8 Å². The second-order valence-corrected chi connectivity index (χ2v) is 9.74. The van der Waals surface area contributed by atoms with Crippen molar-refractivity contribution in [2.45, 2.75) is 13.0 Å². The van der Waals surface area contributed by atoms with Crippen molar-refractivity contribution < 1.29 is 37.0 Å². The quantitative estimate of drug-likeness (QED) is 0.417. The van der Waals surface area contributed by atoms with Gasteiger partial charge in [0.2, 0.25) is 15.9 Å². The fraction of sp³-hybridized carbons (Fsp3) is 0.192. The molecule has 10 nitrogen and oxygen atoms in total. The Balaban J connectivity index is 1.89. The van der Waals surface area contributed by atoms with Crippen molar-refractivity contribution in [3.05, 3.63) is 83.9 Å². The van der Waals surface area contributed by atoms with E-state index in [9.17, 15) is 22.8 Å². The van der Waals surface area contributed by atoms with Gasteiger partial charge in [0.05, 0.1) is 43.0 Å². The van der Waals surface area contributed by atoms with E-state index >= 15 is 0 Å². The Labute approximate surface area is 214 Å². The molecule has 0 aliphatic rings. The van der Waals surface area contributed by atoms with E-state index in [1.807, 2.05) is 18.2 Å². The zero-order chi connectivity index (χ0) is 27.2. The molecule has 0 fully saturated rings. The maximum Gasteiger partial charge on any atom is 0.339 e. The zero-order valence-corrected chi connectivity index (χ0v) is 21.4. The van der Waals surface area contributed by atoms with E-state index in [0.29, 0.717) is 11.5 Å². The molecule has 37 heavy (non-hydrogen) atoms. The standard InChI is InChI=1S/C26H26N2O8S/c1-17(24(29)27-23-16-18(25(30)34-2)10-15-22(23)26(31)35-3)28(37(4,32)33)19-11-13-21(14-12-19)36-20-8-6-5-7-9-20/h5-17H,1-4H3,(H,27,29)/t17-/m1/s1. The molecule has 194 valence electrons. The van der Waals surface area contributed by atoms with Crippen molar-refractivity contribution >= 4 is 39.2 Å². The van der Waals surface area contributed by atoms with Crippen LogP contribution >= 0.6 is 0 Å². The molecule has 1 N–H and O–H groups in total. The number of esters is 2. The molecule has 0 spiro atoms. The Hall–Kier alpha value is -4.38. The highest BCUT2D eigenvalue weighted by Gasteiger charge is 2.30. The predicted molar refractivity (Wildman–Crippen MR) is 137 cm³/mol. The molecule has 0 aliphatic carbocycles. The lowest BCUT2D eigenvalue weighted by molar-refractivity contribution is -0.116. The minimum atomic E-state index is -3.92. The molecular formula is C26H26N2O8S. The van der Waals surface area contributed by atoms with E-state index < -0.39 is 33.9 Å². The number of hydrogen-bond acceptors (Lipinski definition) is 8. The predicted octanol–water partition coefficient (Wildman–Crippen LogP) is 3.85. The highest BCUT2D eigenvalue weighted by atomic mass is 32.2. The summed E-state index contributed by atoms with van der Waals surface area (Å²) in [5.74, 6) is -1.10. The molecule has 3 rings (SSSR count). The monoisotopic (exact) mass is 526 g/mol. The molecule has 0 saturated carbocycles. The first-order chi connectivity index (χ1) is 17.5. The average Bonchev–Trinajstić information content (AvgIpc) is 2.88. The Morgan fingerprint density at radius 2 is 1.43 bits per heavy atom. The van der Waals surface area contributed by atoms with Crippen molar-refractivity contribution in [1.82, 2.24) is 0 Å². The van der Waals surface area contributed by atoms with Crippen LogP contribution < -0.4 is 14.4 Å². The topological polar surface area (TPSA) is 128 Å². The van der Waals surface area contributed by atoms with Crippen LogP contribution in [0, 0.1) is 0 Å². The van der Waals surface area contributed by atoms with Crippen molar-refractivity contribution in [2.75, 3.05) is 30.1 Å². The fourth-order valence-electron chi connectivity index (χ4n) is 3.51. The number of para-hydroxylation sites is 1. The summed E-state index contributed by atoms with van der Waals surface area (Å²) >= 11 is 0. The van der Waals surface area contributed by atoms with Crippen molar-refractivity contribution in [3.8, 4) is 11.5 Å². The van der Waals surface area contributed by atoms with Crippen LogP contribution in [-0.4, -0.2) is 52.8 Å². The van der Waals surface area contributed by atoms with Crippen molar-refractivity contribution in [2.24, 2.45) is 0 Å². The molecule has 0 aromatic heterocycles. The van der Waals surface area contributed by atoms with Gasteiger partial charge in [0.15, 0.2) is 0 Å². The van der Waals surface area contributed by atoms with Crippen LogP contribution in [0.1, 0.15) is 27.6 Å². The van der Waals surface area contributed by atoms with Gasteiger partial charge in [-0.1, -0.05) is 18.2 Å². The number of carbonyl (C=O) groups is 3. The maximum atomic E-state index is 13.2. The summed E-state index contributed by atoms with van der Waals surface area (Å²) in [5, 5.41) is 2.53. The number of nitrogens with zero attached hydrogens (tertiary/aromatic N) is 1. The smallest absolute Gasteiger partial charge is 0.339 e. The number of hydrogen-bond donors (Lipinski definition) is 1. The lowest BCUT2D eigenvalue weighted by atomic mass is 10.1. The molecule has 0 bridgehead atoms. The number of methoxy groups -OCH3 is 2. The summed E-state index contributed by atoms with van der Waals surface area (Å²) in [4.78, 5) is 37.3. The van der Waals surface area contributed by atoms with Gasteiger partial charge in [-0.05, 0) is 61.5 Å². The van der Waals surface area contributed by atoms with Crippen molar-refractivity contribution in [3.63, 3.8) is 0 Å². The van der Waals surface area contributed by atoms with E-state index in [1.165, 1.54) is 51.5 Å². The number of anilines is 2. The Morgan fingerprint density at radius 3 is 2.00 bits per heavy atom. The second-order valence-electron chi connectivity index (χ2n) is 7.88. The van der Waals surface area contributed by atoms with Crippen LogP contribution in [-0.2, 0) is 24.3 Å². The largest absolute Gasteiger partial charge is 0.465 e. The zero-order valence-electron chi connectivity index (χ0n) is 20.6. The highest BCUT2D eigenvalue weighted by molar-refractivity contribution is 7.92. The van der Waals surface area contributed by atoms with E-state index in [4.69, 9.17) is 14.2 Å². The van der Waals surface area contributed by atoms with E-state index in [-0.39, 0.29) is 22.5 Å². The van der Waals surface area contributed by atoms with Gasteiger partial charge < -0.3 is 19.5 Å². The Morgan fingerprint density at radius 1 is 0.838 bits per heavy atom. The van der Waals surface area contributed by atoms with Gasteiger partial charge in [0, 0.05) is 0 Å². The molecule has 0 radical (unpaired) electrons. The lowest BCUT2D eigenvalue weighted by Gasteiger charge is -2.28. The van der Waals surface area contributed by atoms with Gasteiger partial charge in [0.25, 0.3) is 0 Å². The molecule has 1 amide bonds. The first kappa shape index (κ1) is 27.2. The van der Waals surface area contributed by atoms with Crippen LogP contribution in [0.4, 0.5) is 11.4 Å². The van der Waals surface area contributed by atoms with Gasteiger partial charge in [-0.15, -0.1) is 0 Å². The first-order valence-electron chi connectivity index (χ1n) is 11.0. The number of amides is 1. The van der Waals surface area contributed by atoms with Crippen molar-refractivity contribution in [1.29, 1.82) is 0 Å². The summed E-state index contributed by atoms with van der Waals surface area (Å²) in [6.07, 6.45) is 0.975. The summed E-state index contributed by atoms with van der Waals surface area (Å²) in [6, 6.07) is 17.9. The third-order valence-corrected chi connectivity index (χ3v) is 6.50. The number of ether oxygens (including phenoxy) is 3. The van der Waals surface area contributed by atoms with E-state index in [0.717, 1.165) is 10.6 Å². The highest BCUT2D eigenvalue weighted by Crippen LogP contribution is 2.28. The van der Waals surface area contributed by atoms with Crippen LogP contribution in [0.25, 0.3) is 0 Å². The van der Waals surface area contributed by atoms with Gasteiger partial charge in [-0.2, -0.15) is 0 Å².